The SMILES string of the molecule is O=C1OCC[C@H]2CCN(c3nc(-c4ccccc4)c4ccccc4n3)[C@@H]12. The van der Waals surface area contributed by atoms with Crippen LogP contribution in [0, 0.1) is 5.92 Å². The average molecular weight is 345 g/mol. The van der Waals surface area contributed by atoms with Gasteiger partial charge < -0.3 is 9.64 Å². The molecule has 0 bridgehead atoms. The van der Waals surface area contributed by atoms with Crippen LogP contribution in [-0.2, 0) is 9.53 Å². The van der Waals surface area contributed by atoms with E-state index in [1.54, 1.807) is 0 Å². The Kier molecular flexibility index (Phi) is 3.59. The highest BCUT2D eigenvalue weighted by molar-refractivity contribution is 5.93. The molecule has 5 nitrogen and oxygen atoms in total. The predicted octanol–water partition coefficient (Wildman–Crippen LogP) is 3.44. The van der Waals surface area contributed by atoms with E-state index >= 15 is 0 Å². The minimum atomic E-state index is -0.256. The minimum absolute atomic E-state index is 0.142. The third-order valence-electron chi connectivity index (χ3n) is 5.39. The topological polar surface area (TPSA) is 55.3 Å². The molecule has 5 heteroatoms. The van der Waals surface area contributed by atoms with E-state index in [2.05, 4.69) is 12.1 Å². The number of hydrogen-bond donors (Lipinski definition) is 0. The number of ether oxygens (including phenoxy) is 1. The largest absolute Gasteiger partial charge is 0.464 e. The van der Waals surface area contributed by atoms with Crippen LogP contribution in [0.25, 0.3) is 22.2 Å². The van der Waals surface area contributed by atoms with Gasteiger partial charge in [0.25, 0.3) is 0 Å². The van der Waals surface area contributed by atoms with Crippen LogP contribution in [0.5, 0.6) is 0 Å². The maximum Gasteiger partial charge on any atom is 0.329 e. The van der Waals surface area contributed by atoms with Crippen molar-refractivity contribution in [3.05, 3.63) is 54.6 Å². The van der Waals surface area contributed by atoms with Crippen LogP contribution in [0.15, 0.2) is 54.6 Å². The molecule has 2 aliphatic heterocycles. The summed E-state index contributed by atoms with van der Waals surface area (Å²) in [6.45, 7) is 1.32. The van der Waals surface area contributed by atoms with Gasteiger partial charge in [0, 0.05) is 17.5 Å². The molecule has 0 radical (unpaired) electrons. The molecule has 0 saturated carbocycles. The molecule has 2 aromatic carbocycles. The summed E-state index contributed by atoms with van der Waals surface area (Å²) < 4.78 is 5.31. The summed E-state index contributed by atoms with van der Waals surface area (Å²) >= 11 is 0. The van der Waals surface area contributed by atoms with Gasteiger partial charge in [-0.3, -0.25) is 0 Å². The van der Waals surface area contributed by atoms with Crippen LogP contribution in [0.2, 0.25) is 0 Å². The van der Waals surface area contributed by atoms with Crippen molar-refractivity contribution in [1.29, 1.82) is 0 Å². The van der Waals surface area contributed by atoms with Gasteiger partial charge in [-0.25, -0.2) is 14.8 Å². The van der Waals surface area contributed by atoms with Crippen molar-refractivity contribution in [2.24, 2.45) is 5.92 Å². The second-order valence-electron chi connectivity index (χ2n) is 6.90. The predicted molar refractivity (Wildman–Crippen MR) is 99.8 cm³/mol. The smallest absolute Gasteiger partial charge is 0.329 e. The van der Waals surface area contributed by atoms with Gasteiger partial charge in [0.05, 0.1) is 17.8 Å². The fraction of sp³-hybridized carbons (Fsp3) is 0.286. The lowest BCUT2D eigenvalue weighted by Gasteiger charge is -2.30. The molecule has 0 aliphatic carbocycles. The lowest BCUT2D eigenvalue weighted by atomic mass is 9.95. The third kappa shape index (κ3) is 2.43. The third-order valence-corrected chi connectivity index (χ3v) is 5.39. The first-order chi connectivity index (χ1) is 12.8. The first-order valence-corrected chi connectivity index (χ1v) is 9.07. The van der Waals surface area contributed by atoms with Crippen molar-refractivity contribution in [3.63, 3.8) is 0 Å². The van der Waals surface area contributed by atoms with Crippen molar-refractivity contribution in [1.82, 2.24) is 9.97 Å². The van der Waals surface area contributed by atoms with Gasteiger partial charge in [0.15, 0.2) is 0 Å². The molecule has 3 heterocycles. The summed E-state index contributed by atoms with van der Waals surface area (Å²) in [5, 5.41) is 1.02. The number of cyclic esters (lactones) is 1. The van der Waals surface area contributed by atoms with Crippen molar-refractivity contribution in [2.75, 3.05) is 18.1 Å². The molecule has 0 spiro atoms. The van der Waals surface area contributed by atoms with Crippen LogP contribution >= 0.6 is 0 Å². The number of fused-ring (bicyclic) bond motifs is 2. The highest BCUT2D eigenvalue weighted by Crippen LogP contribution is 2.35. The number of esters is 1. The van der Waals surface area contributed by atoms with E-state index in [0.29, 0.717) is 18.5 Å². The second-order valence-corrected chi connectivity index (χ2v) is 6.90. The summed E-state index contributed by atoms with van der Waals surface area (Å²) in [6.07, 6.45) is 1.91. The molecule has 2 saturated heterocycles. The van der Waals surface area contributed by atoms with E-state index < -0.39 is 0 Å². The van der Waals surface area contributed by atoms with Gasteiger partial charge in [0.2, 0.25) is 5.95 Å². The number of nitrogens with zero attached hydrogens (tertiary/aromatic N) is 3. The quantitative estimate of drug-likeness (QED) is 0.666. The van der Waals surface area contributed by atoms with Crippen LogP contribution in [0.1, 0.15) is 12.8 Å². The number of carbonyl (C=O) groups is 1. The second kappa shape index (κ2) is 6.09. The normalized spacial score (nSPS) is 22.3. The highest BCUT2D eigenvalue weighted by Gasteiger charge is 2.44. The van der Waals surface area contributed by atoms with Crippen molar-refractivity contribution < 1.29 is 9.53 Å². The van der Waals surface area contributed by atoms with Gasteiger partial charge in [-0.05, 0) is 24.8 Å². The zero-order valence-electron chi connectivity index (χ0n) is 14.3. The lowest BCUT2D eigenvalue weighted by molar-refractivity contribution is -0.150. The fourth-order valence-electron chi connectivity index (χ4n) is 4.11. The molecular weight excluding hydrogens is 326 g/mol. The van der Waals surface area contributed by atoms with Gasteiger partial charge in [-0.1, -0.05) is 48.5 Å². The number of rotatable bonds is 2. The zero-order chi connectivity index (χ0) is 17.5. The summed E-state index contributed by atoms with van der Waals surface area (Å²) in [6, 6.07) is 17.9. The van der Waals surface area contributed by atoms with Crippen LogP contribution in [0.3, 0.4) is 0 Å². The van der Waals surface area contributed by atoms with Gasteiger partial charge >= 0.3 is 5.97 Å². The van der Waals surface area contributed by atoms with Crippen LogP contribution < -0.4 is 4.90 Å². The summed E-state index contributed by atoms with van der Waals surface area (Å²) in [7, 11) is 0. The number of hydrogen-bond acceptors (Lipinski definition) is 5. The van der Waals surface area contributed by atoms with Gasteiger partial charge in [-0.15, -0.1) is 0 Å². The summed E-state index contributed by atoms with van der Waals surface area (Å²) in [5.74, 6) is 0.817. The van der Waals surface area contributed by atoms with Crippen LogP contribution in [-0.4, -0.2) is 35.1 Å². The number of carbonyl (C=O) groups excluding carboxylic acids is 1. The Hall–Kier alpha value is -2.95. The fourth-order valence-corrected chi connectivity index (χ4v) is 4.11. The maximum atomic E-state index is 12.4. The monoisotopic (exact) mass is 345 g/mol. The van der Waals surface area contributed by atoms with Crippen molar-refractivity contribution in [3.8, 4) is 11.3 Å². The summed E-state index contributed by atoms with van der Waals surface area (Å²) in [4.78, 5) is 24.1. The first kappa shape index (κ1) is 15.3. The molecule has 3 aromatic rings. The van der Waals surface area contributed by atoms with Crippen molar-refractivity contribution in [2.45, 2.75) is 18.9 Å². The Labute approximate surface area is 151 Å². The Balaban J connectivity index is 1.66. The van der Waals surface area contributed by atoms with E-state index in [0.717, 1.165) is 41.5 Å². The van der Waals surface area contributed by atoms with E-state index in [4.69, 9.17) is 14.7 Å². The number of aromatic nitrogens is 2. The number of anilines is 1. The molecule has 5 rings (SSSR count). The standard InChI is InChI=1S/C21H19N3O2/c25-20-19-15(11-13-26-20)10-12-24(19)21-22-17-9-5-4-8-16(17)18(23-21)14-6-2-1-3-7-14/h1-9,15,19H,10-13H2/t15-,19-/m1/s1. The van der Waals surface area contributed by atoms with Crippen molar-refractivity contribution >= 4 is 22.8 Å². The maximum absolute atomic E-state index is 12.4. The highest BCUT2D eigenvalue weighted by atomic mass is 16.5. The molecule has 2 atom stereocenters. The first-order valence-electron chi connectivity index (χ1n) is 9.07. The molecular formula is C21H19N3O2. The zero-order valence-corrected chi connectivity index (χ0v) is 14.3. The lowest BCUT2D eigenvalue weighted by Crippen LogP contribution is -2.45. The molecule has 0 N–H and O–H groups in total. The van der Waals surface area contributed by atoms with E-state index in [1.807, 2.05) is 47.4 Å². The van der Waals surface area contributed by atoms with E-state index in [-0.39, 0.29) is 12.0 Å². The van der Waals surface area contributed by atoms with E-state index in [1.165, 1.54) is 0 Å². The molecule has 2 aliphatic rings. The molecule has 0 amide bonds. The molecule has 130 valence electrons. The Bertz CT molecular complexity index is 973. The minimum Gasteiger partial charge on any atom is -0.464 e. The van der Waals surface area contributed by atoms with E-state index in [9.17, 15) is 4.79 Å². The summed E-state index contributed by atoms with van der Waals surface area (Å²) in [5.41, 5.74) is 2.84. The van der Waals surface area contributed by atoms with Gasteiger partial charge in [0.1, 0.15) is 6.04 Å². The number of para-hydroxylation sites is 1. The number of benzene rings is 2. The molecule has 2 fully saturated rings. The average Bonchev–Trinajstić information content (AvgIpc) is 3.13. The Morgan fingerprint density at radius 2 is 1.77 bits per heavy atom. The van der Waals surface area contributed by atoms with Crippen LogP contribution in [0.4, 0.5) is 5.95 Å². The molecule has 26 heavy (non-hydrogen) atoms. The molecule has 0 unspecified atom stereocenters. The van der Waals surface area contributed by atoms with Gasteiger partial charge in [-0.2, -0.15) is 0 Å². The Morgan fingerprint density at radius 3 is 2.65 bits per heavy atom. The molecule has 1 aromatic heterocycles. The Morgan fingerprint density at radius 1 is 0.962 bits per heavy atom.